The Morgan fingerprint density at radius 2 is 2.00 bits per heavy atom. The van der Waals surface area contributed by atoms with E-state index in [1.807, 2.05) is 0 Å². The number of pyridine rings is 1. The minimum Gasteiger partial charge on any atom is -0.452 e. The summed E-state index contributed by atoms with van der Waals surface area (Å²) < 4.78 is 35.7. The van der Waals surface area contributed by atoms with Gasteiger partial charge in [-0.05, 0) is 34.1 Å². The second-order valence-electron chi connectivity index (χ2n) is 3.84. The fraction of sp³-hybridized carbons (Fsp3) is 0.0769. The first-order valence-electron chi connectivity index (χ1n) is 5.61. The van der Waals surface area contributed by atoms with Crippen molar-refractivity contribution in [2.75, 3.05) is 0 Å². The van der Waals surface area contributed by atoms with Crippen LogP contribution in [0.15, 0.2) is 41.1 Å². The molecule has 110 valence electrons. The van der Waals surface area contributed by atoms with Crippen LogP contribution in [-0.2, 0) is 0 Å². The van der Waals surface area contributed by atoms with Gasteiger partial charge >= 0.3 is 6.61 Å². The number of carbonyl (C=O) groups excluding carboxylic acids is 1. The zero-order valence-corrected chi connectivity index (χ0v) is 12.0. The molecule has 0 amide bonds. The lowest BCUT2D eigenvalue weighted by Crippen LogP contribution is -2.28. The zero-order valence-electron chi connectivity index (χ0n) is 10.4. The summed E-state index contributed by atoms with van der Waals surface area (Å²) in [7, 11) is 0. The molecule has 1 heterocycles. The summed E-state index contributed by atoms with van der Waals surface area (Å²) in [4.78, 5) is 10.8. The van der Waals surface area contributed by atoms with Crippen LogP contribution < -0.4 is 14.2 Å². The molecule has 0 aliphatic heterocycles. The Bertz CT molecular complexity index is 667. The van der Waals surface area contributed by atoms with Gasteiger partial charge in [-0.2, -0.15) is 8.78 Å². The van der Waals surface area contributed by atoms with E-state index in [9.17, 15) is 18.8 Å². The number of carbonyl (C=O) groups is 1. The third-order valence-electron chi connectivity index (χ3n) is 2.40. The molecule has 0 radical (unpaired) electrons. The molecule has 0 saturated heterocycles. The highest BCUT2D eigenvalue weighted by molar-refractivity contribution is 9.10. The lowest BCUT2D eigenvalue weighted by atomic mass is 10.2. The van der Waals surface area contributed by atoms with Crippen molar-refractivity contribution in [2.24, 2.45) is 0 Å². The number of halogens is 3. The summed E-state index contributed by atoms with van der Waals surface area (Å²) in [6.07, 6.45) is 3.14. The van der Waals surface area contributed by atoms with E-state index >= 15 is 0 Å². The first kappa shape index (κ1) is 15.2. The summed E-state index contributed by atoms with van der Waals surface area (Å²) in [6, 6.07) is 5.23. The number of hydrogen-bond donors (Lipinski definition) is 1. The van der Waals surface area contributed by atoms with Gasteiger partial charge in [-0.3, -0.25) is 10.0 Å². The van der Waals surface area contributed by atoms with Gasteiger partial charge in [0, 0.05) is 10.3 Å². The van der Waals surface area contributed by atoms with Crippen LogP contribution in [0.25, 0.3) is 0 Å². The van der Waals surface area contributed by atoms with Crippen LogP contribution in [-0.4, -0.2) is 18.1 Å². The van der Waals surface area contributed by atoms with Crippen molar-refractivity contribution in [3.63, 3.8) is 0 Å². The molecule has 0 spiro atoms. The van der Waals surface area contributed by atoms with Crippen LogP contribution in [0.2, 0.25) is 0 Å². The highest BCUT2D eigenvalue weighted by Gasteiger charge is 2.15. The Balaban J connectivity index is 2.38. The van der Waals surface area contributed by atoms with E-state index in [-0.39, 0.29) is 22.8 Å². The Morgan fingerprint density at radius 3 is 2.62 bits per heavy atom. The smallest absolute Gasteiger partial charge is 0.387 e. The Hall–Kier alpha value is -2.22. The summed E-state index contributed by atoms with van der Waals surface area (Å²) in [6.45, 7) is -3.02. The van der Waals surface area contributed by atoms with Crippen LogP contribution in [0.4, 0.5) is 8.78 Å². The third kappa shape index (κ3) is 3.88. The highest BCUT2D eigenvalue weighted by atomic mass is 79.9. The molecule has 0 bridgehead atoms. The second kappa shape index (κ2) is 6.49. The predicted octanol–water partition coefficient (Wildman–Crippen LogP) is 3.18. The number of ether oxygens (including phenoxy) is 2. The normalized spacial score (nSPS) is 10.5. The lowest BCUT2D eigenvalue weighted by Gasteiger charge is -2.12. The van der Waals surface area contributed by atoms with Crippen molar-refractivity contribution in [2.45, 2.75) is 6.61 Å². The van der Waals surface area contributed by atoms with E-state index in [1.54, 1.807) is 0 Å². The zero-order chi connectivity index (χ0) is 15.4. The molecule has 8 heteroatoms. The topological polar surface area (TPSA) is 59.6 Å². The van der Waals surface area contributed by atoms with Crippen molar-refractivity contribution < 1.29 is 33.0 Å². The maximum atomic E-state index is 12.4. The molecular formula is C13H9BrF2NO4+. The van der Waals surface area contributed by atoms with Gasteiger partial charge in [-0.15, -0.1) is 0 Å². The Morgan fingerprint density at radius 1 is 1.24 bits per heavy atom. The number of aromatic nitrogens is 1. The SMILES string of the molecule is O=Cc1ccc(OC(F)F)c(Oc2cc[n+](O)cc2Br)c1. The van der Waals surface area contributed by atoms with Crippen LogP contribution in [0.5, 0.6) is 17.2 Å². The molecule has 0 fully saturated rings. The predicted molar refractivity (Wildman–Crippen MR) is 70.1 cm³/mol. The molecular weight excluding hydrogens is 352 g/mol. The van der Waals surface area contributed by atoms with Crippen molar-refractivity contribution in [3.8, 4) is 17.2 Å². The Kier molecular flexibility index (Phi) is 4.69. The number of benzene rings is 1. The van der Waals surface area contributed by atoms with E-state index in [2.05, 4.69) is 20.7 Å². The summed E-state index contributed by atoms with van der Waals surface area (Å²) >= 11 is 3.15. The Labute approximate surface area is 126 Å². The van der Waals surface area contributed by atoms with Crippen LogP contribution in [0.1, 0.15) is 10.4 Å². The van der Waals surface area contributed by atoms with Crippen LogP contribution in [0, 0.1) is 0 Å². The van der Waals surface area contributed by atoms with Gasteiger partial charge in [0.15, 0.2) is 17.2 Å². The quantitative estimate of drug-likeness (QED) is 0.505. The van der Waals surface area contributed by atoms with Gasteiger partial charge < -0.3 is 9.47 Å². The maximum absolute atomic E-state index is 12.4. The molecule has 0 unspecified atom stereocenters. The van der Waals surface area contributed by atoms with Gasteiger partial charge in [-0.1, -0.05) is 0 Å². The number of rotatable bonds is 5. The summed E-state index contributed by atoms with van der Waals surface area (Å²) in [5.74, 6) is 0.00184. The van der Waals surface area contributed by atoms with Gasteiger partial charge in [0.25, 0.3) is 0 Å². The molecule has 1 N–H and O–H groups in total. The van der Waals surface area contributed by atoms with Crippen LogP contribution >= 0.6 is 15.9 Å². The maximum Gasteiger partial charge on any atom is 0.387 e. The average molecular weight is 361 g/mol. The fourth-order valence-electron chi connectivity index (χ4n) is 1.52. The van der Waals surface area contributed by atoms with E-state index < -0.39 is 6.61 Å². The van der Waals surface area contributed by atoms with Gasteiger partial charge in [0.2, 0.25) is 12.4 Å². The third-order valence-corrected chi connectivity index (χ3v) is 3.00. The standard InChI is InChI=1S/C13H9BrF2NO4/c14-9-6-17(19)4-3-10(9)20-12-5-8(7-18)1-2-11(12)21-13(15)16/h1-7,13,19H/q+1. The monoisotopic (exact) mass is 360 g/mol. The largest absolute Gasteiger partial charge is 0.452 e. The van der Waals surface area contributed by atoms with E-state index in [0.29, 0.717) is 10.8 Å². The van der Waals surface area contributed by atoms with Crippen molar-refractivity contribution in [1.29, 1.82) is 0 Å². The summed E-state index contributed by atoms with van der Waals surface area (Å²) in [5.41, 5.74) is 0.246. The molecule has 2 rings (SSSR count). The first-order valence-corrected chi connectivity index (χ1v) is 6.41. The fourth-order valence-corrected chi connectivity index (χ4v) is 1.94. The highest BCUT2D eigenvalue weighted by Crippen LogP contribution is 2.35. The molecule has 0 aliphatic rings. The van der Waals surface area contributed by atoms with Crippen molar-refractivity contribution in [1.82, 2.24) is 0 Å². The first-order chi connectivity index (χ1) is 9.99. The minimum atomic E-state index is -3.02. The molecule has 1 aromatic carbocycles. The minimum absolute atomic E-state index is 0.0451. The molecule has 0 atom stereocenters. The second-order valence-corrected chi connectivity index (χ2v) is 4.70. The number of hydrogen-bond acceptors (Lipinski definition) is 4. The van der Waals surface area contributed by atoms with E-state index in [4.69, 9.17) is 4.74 Å². The van der Waals surface area contributed by atoms with E-state index in [0.717, 1.165) is 4.73 Å². The molecule has 1 aromatic heterocycles. The van der Waals surface area contributed by atoms with Crippen LogP contribution in [0.3, 0.4) is 0 Å². The summed E-state index contributed by atoms with van der Waals surface area (Å²) in [5, 5.41) is 9.22. The van der Waals surface area contributed by atoms with E-state index in [1.165, 1.54) is 36.7 Å². The molecule has 5 nitrogen and oxygen atoms in total. The number of alkyl halides is 2. The van der Waals surface area contributed by atoms with Gasteiger partial charge in [0.05, 0.1) is 6.07 Å². The molecule has 2 aromatic rings. The molecule has 0 aliphatic carbocycles. The lowest BCUT2D eigenvalue weighted by molar-refractivity contribution is -0.905. The van der Waals surface area contributed by atoms with Gasteiger partial charge in [0.1, 0.15) is 10.8 Å². The van der Waals surface area contributed by atoms with Crippen molar-refractivity contribution >= 4 is 22.2 Å². The average Bonchev–Trinajstić information content (AvgIpc) is 2.43. The number of nitrogens with zero attached hydrogens (tertiary/aromatic N) is 1. The van der Waals surface area contributed by atoms with Crippen molar-refractivity contribution in [3.05, 3.63) is 46.7 Å². The van der Waals surface area contributed by atoms with Gasteiger partial charge in [-0.25, -0.2) is 0 Å². The molecule has 21 heavy (non-hydrogen) atoms. The molecule has 0 saturated carbocycles. The number of aldehydes is 1.